The molecule has 0 aromatic rings. The van der Waals surface area contributed by atoms with Gasteiger partial charge in [0.15, 0.2) is 0 Å². The van der Waals surface area contributed by atoms with Crippen LogP contribution < -0.4 is 0 Å². The van der Waals surface area contributed by atoms with E-state index in [0.717, 1.165) is 6.42 Å². The molecule has 1 rings (SSSR count). The Bertz CT molecular complexity index is 358. The number of rotatable bonds is 1. The van der Waals surface area contributed by atoms with Gasteiger partial charge in [-0.25, -0.2) is 4.79 Å². The van der Waals surface area contributed by atoms with Gasteiger partial charge < -0.3 is 14.5 Å². The van der Waals surface area contributed by atoms with E-state index in [1.165, 1.54) is 0 Å². The van der Waals surface area contributed by atoms with E-state index < -0.39 is 5.60 Å². The van der Waals surface area contributed by atoms with Crippen molar-refractivity contribution in [3.8, 4) is 0 Å². The van der Waals surface area contributed by atoms with Crippen molar-refractivity contribution in [1.82, 2.24) is 9.80 Å². The summed E-state index contributed by atoms with van der Waals surface area (Å²) in [4.78, 5) is 27.2. The van der Waals surface area contributed by atoms with Crippen LogP contribution in [-0.4, -0.2) is 53.6 Å². The predicted octanol–water partition coefficient (Wildman–Crippen LogP) is 2.03. The van der Waals surface area contributed by atoms with Crippen LogP contribution in [0, 0.1) is 0 Å². The number of ether oxygens (including phenoxy) is 1. The maximum Gasteiger partial charge on any atom is 0.410 e. The average Bonchev–Trinajstić information content (AvgIpc) is 2.52. The summed E-state index contributed by atoms with van der Waals surface area (Å²) in [5, 5.41) is 0. The van der Waals surface area contributed by atoms with Crippen molar-refractivity contribution in [2.75, 3.05) is 26.2 Å². The van der Waals surface area contributed by atoms with Gasteiger partial charge in [-0.2, -0.15) is 0 Å². The van der Waals surface area contributed by atoms with Gasteiger partial charge in [-0.1, -0.05) is 6.08 Å². The van der Waals surface area contributed by atoms with Gasteiger partial charge in [0.1, 0.15) is 5.60 Å². The van der Waals surface area contributed by atoms with Gasteiger partial charge in [-0.05, 0) is 40.2 Å². The summed E-state index contributed by atoms with van der Waals surface area (Å²) in [5.74, 6) is 0.00791. The second-order valence-electron chi connectivity index (χ2n) is 5.65. The van der Waals surface area contributed by atoms with Gasteiger partial charge >= 0.3 is 6.09 Å². The summed E-state index contributed by atoms with van der Waals surface area (Å²) in [7, 11) is 0. The first-order valence-electron chi connectivity index (χ1n) is 6.73. The number of hydrogen-bond donors (Lipinski definition) is 0. The van der Waals surface area contributed by atoms with Crippen LogP contribution in [0.3, 0.4) is 0 Å². The minimum atomic E-state index is -0.482. The molecule has 2 amide bonds. The third-order valence-corrected chi connectivity index (χ3v) is 2.77. The zero-order chi connectivity index (χ0) is 14.5. The van der Waals surface area contributed by atoms with Crippen molar-refractivity contribution in [3.63, 3.8) is 0 Å². The molecule has 0 bridgehead atoms. The van der Waals surface area contributed by atoms with Gasteiger partial charge in [0.05, 0.1) is 0 Å². The molecule has 0 aromatic carbocycles. The van der Waals surface area contributed by atoms with Crippen molar-refractivity contribution in [1.29, 1.82) is 0 Å². The summed E-state index contributed by atoms with van der Waals surface area (Å²) >= 11 is 0. The second kappa shape index (κ2) is 6.59. The lowest BCUT2D eigenvalue weighted by Gasteiger charge is -2.26. The monoisotopic (exact) mass is 268 g/mol. The Morgan fingerprint density at radius 2 is 1.63 bits per heavy atom. The normalized spacial score (nSPS) is 17.5. The molecule has 0 unspecified atom stereocenters. The highest BCUT2D eigenvalue weighted by atomic mass is 16.6. The fourth-order valence-electron chi connectivity index (χ4n) is 1.89. The van der Waals surface area contributed by atoms with E-state index in [0.29, 0.717) is 26.2 Å². The summed E-state index contributed by atoms with van der Waals surface area (Å²) < 4.78 is 5.35. The van der Waals surface area contributed by atoms with Crippen LogP contribution in [0.25, 0.3) is 0 Å². The van der Waals surface area contributed by atoms with Gasteiger partial charge in [0, 0.05) is 26.2 Å². The van der Waals surface area contributed by atoms with E-state index in [4.69, 9.17) is 4.74 Å². The van der Waals surface area contributed by atoms with Gasteiger partial charge in [-0.15, -0.1) is 0 Å². The number of hydrogen-bond acceptors (Lipinski definition) is 3. The topological polar surface area (TPSA) is 49.9 Å². The lowest BCUT2D eigenvalue weighted by molar-refractivity contribution is -0.125. The highest BCUT2D eigenvalue weighted by Gasteiger charge is 2.25. The Labute approximate surface area is 115 Å². The van der Waals surface area contributed by atoms with Crippen molar-refractivity contribution in [2.45, 2.75) is 39.7 Å². The van der Waals surface area contributed by atoms with E-state index in [2.05, 4.69) is 0 Å². The van der Waals surface area contributed by atoms with Crippen LogP contribution in [0.4, 0.5) is 4.79 Å². The molecule has 0 aromatic heterocycles. The molecular weight excluding hydrogens is 244 g/mol. The van der Waals surface area contributed by atoms with E-state index in [-0.39, 0.29) is 12.0 Å². The Morgan fingerprint density at radius 3 is 2.21 bits per heavy atom. The van der Waals surface area contributed by atoms with E-state index in [1.807, 2.05) is 27.7 Å². The molecular formula is C14H24N2O3. The Kier molecular flexibility index (Phi) is 5.39. The number of allylic oxidation sites excluding steroid dienone is 1. The first kappa shape index (κ1) is 15.5. The fourth-order valence-corrected chi connectivity index (χ4v) is 1.89. The second-order valence-corrected chi connectivity index (χ2v) is 5.65. The largest absolute Gasteiger partial charge is 0.444 e. The quantitative estimate of drug-likeness (QED) is 0.684. The van der Waals surface area contributed by atoms with Crippen LogP contribution in [0.15, 0.2) is 12.2 Å². The summed E-state index contributed by atoms with van der Waals surface area (Å²) in [5.41, 5.74) is -0.482. The lowest BCUT2D eigenvalue weighted by atomic mass is 10.2. The fraction of sp³-hybridized carbons (Fsp3) is 0.714. The zero-order valence-electron chi connectivity index (χ0n) is 12.3. The molecule has 0 N–H and O–H groups in total. The average molecular weight is 268 g/mol. The molecule has 0 atom stereocenters. The first-order chi connectivity index (χ1) is 8.83. The first-order valence-corrected chi connectivity index (χ1v) is 6.73. The number of nitrogens with zero attached hydrogens (tertiary/aromatic N) is 2. The number of carbonyl (C=O) groups is 2. The summed E-state index contributed by atoms with van der Waals surface area (Å²) in [6.45, 7) is 9.78. The molecule has 19 heavy (non-hydrogen) atoms. The van der Waals surface area contributed by atoms with E-state index >= 15 is 0 Å². The third-order valence-electron chi connectivity index (χ3n) is 2.77. The molecule has 108 valence electrons. The molecule has 5 nitrogen and oxygen atoms in total. The molecule has 0 saturated carbocycles. The van der Waals surface area contributed by atoms with Crippen LogP contribution in [0.1, 0.15) is 34.1 Å². The highest BCUT2D eigenvalue weighted by Crippen LogP contribution is 2.12. The maximum atomic E-state index is 12.0. The smallest absolute Gasteiger partial charge is 0.410 e. The zero-order valence-corrected chi connectivity index (χ0v) is 12.3. The van der Waals surface area contributed by atoms with Crippen molar-refractivity contribution in [2.24, 2.45) is 0 Å². The Hall–Kier alpha value is -1.52. The molecule has 1 saturated heterocycles. The van der Waals surface area contributed by atoms with Crippen LogP contribution in [-0.2, 0) is 9.53 Å². The highest BCUT2D eigenvalue weighted by molar-refractivity contribution is 5.87. The SMILES string of the molecule is CC=CC(=O)N1CCCN(C(=O)OC(C)(C)C)CC1. The number of carbonyl (C=O) groups excluding carboxylic acids is 2. The minimum absolute atomic E-state index is 0.00791. The van der Waals surface area contributed by atoms with Crippen molar-refractivity contribution < 1.29 is 14.3 Å². The van der Waals surface area contributed by atoms with E-state index in [1.54, 1.807) is 22.0 Å². The van der Waals surface area contributed by atoms with Crippen LogP contribution >= 0.6 is 0 Å². The lowest BCUT2D eigenvalue weighted by Crippen LogP contribution is -2.39. The molecule has 1 heterocycles. The van der Waals surface area contributed by atoms with Crippen molar-refractivity contribution >= 4 is 12.0 Å². The molecule has 1 aliphatic heterocycles. The summed E-state index contributed by atoms with van der Waals surface area (Å²) in [6, 6.07) is 0. The van der Waals surface area contributed by atoms with Crippen molar-refractivity contribution in [3.05, 3.63) is 12.2 Å². The molecule has 0 aliphatic carbocycles. The van der Waals surface area contributed by atoms with E-state index in [9.17, 15) is 9.59 Å². The van der Waals surface area contributed by atoms with Crippen LogP contribution in [0.5, 0.6) is 0 Å². The third kappa shape index (κ3) is 5.32. The molecule has 5 heteroatoms. The Morgan fingerprint density at radius 1 is 1.05 bits per heavy atom. The van der Waals surface area contributed by atoms with Gasteiger partial charge in [-0.3, -0.25) is 4.79 Å². The predicted molar refractivity (Wildman–Crippen MR) is 73.8 cm³/mol. The molecule has 0 radical (unpaired) electrons. The molecule has 1 aliphatic rings. The Balaban J connectivity index is 2.54. The van der Waals surface area contributed by atoms with Crippen LogP contribution in [0.2, 0.25) is 0 Å². The molecule has 1 fully saturated rings. The maximum absolute atomic E-state index is 12.0. The van der Waals surface area contributed by atoms with Gasteiger partial charge in [0.25, 0.3) is 0 Å². The molecule has 0 spiro atoms. The minimum Gasteiger partial charge on any atom is -0.444 e. The standard InChI is InChI=1S/C14H24N2O3/c1-5-7-12(17)15-8-6-9-16(11-10-15)13(18)19-14(2,3)4/h5,7H,6,8-11H2,1-4H3. The number of amides is 2. The van der Waals surface area contributed by atoms with Gasteiger partial charge in [0.2, 0.25) is 5.91 Å². The summed E-state index contributed by atoms with van der Waals surface area (Å²) in [6.07, 6.45) is 3.78.